The average molecular weight is 511 g/mol. The molecule has 0 spiro atoms. The van der Waals surface area contributed by atoms with Crippen LogP contribution in [0.1, 0.15) is 31.0 Å². The molecule has 2 amide bonds. The van der Waals surface area contributed by atoms with Gasteiger partial charge >= 0.3 is 0 Å². The lowest BCUT2D eigenvalue weighted by atomic mass is 9.87. The molecule has 3 aromatic carbocycles. The summed E-state index contributed by atoms with van der Waals surface area (Å²) in [5, 5.41) is 11.2. The van der Waals surface area contributed by atoms with Gasteiger partial charge in [-0.3, -0.25) is 9.59 Å². The highest BCUT2D eigenvalue weighted by atomic mass is 32.2. The molecule has 0 bridgehead atoms. The Hall–Kier alpha value is -4.24. The number of aliphatic imine (C=N–C) groups is 1. The molecular weight excluding hydrogens is 484 g/mol. The first-order chi connectivity index (χ1) is 18.0. The van der Waals surface area contributed by atoms with Crippen LogP contribution in [0.25, 0.3) is 0 Å². The second kappa shape index (κ2) is 10.8. The van der Waals surface area contributed by atoms with Crippen LogP contribution in [0.15, 0.2) is 95.1 Å². The lowest BCUT2D eigenvalue weighted by Crippen LogP contribution is -2.39. The summed E-state index contributed by atoms with van der Waals surface area (Å²) in [4.78, 5) is 34.4. The Labute approximate surface area is 219 Å². The van der Waals surface area contributed by atoms with Gasteiger partial charge in [0.15, 0.2) is 0 Å². The SMILES string of the molecule is CC(=O)Nc1ccc(C2C(C(=O)Nc3ccccc3)C(C)=Nc3nc(SCc4ccccc4)nn32)cc1. The number of hydrogen-bond donors (Lipinski definition) is 2. The molecule has 1 aliphatic heterocycles. The van der Waals surface area contributed by atoms with Gasteiger partial charge in [-0.15, -0.1) is 5.10 Å². The molecule has 1 aromatic heterocycles. The predicted molar refractivity (Wildman–Crippen MR) is 146 cm³/mol. The number of fused-ring (bicyclic) bond motifs is 1. The molecule has 0 fully saturated rings. The zero-order chi connectivity index (χ0) is 25.8. The van der Waals surface area contributed by atoms with Crippen molar-refractivity contribution < 1.29 is 9.59 Å². The van der Waals surface area contributed by atoms with Crippen molar-refractivity contribution in [2.75, 3.05) is 10.6 Å². The number of anilines is 2. The second-order valence-corrected chi connectivity index (χ2v) is 9.69. The van der Waals surface area contributed by atoms with Crippen LogP contribution in [0.3, 0.4) is 0 Å². The lowest BCUT2D eigenvalue weighted by molar-refractivity contribution is -0.119. The summed E-state index contributed by atoms with van der Waals surface area (Å²) in [5.74, 6) is 0.261. The number of para-hydroxylation sites is 1. The van der Waals surface area contributed by atoms with Crippen molar-refractivity contribution >= 4 is 46.6 Å². The van der Waals surface area contributed by atoms with Crippen molar-refractivity contribution in [2.45, 2.75) is 30.8 Å². The Kier molecular flexibility index (Phi) is 7.14. The number of carbonyl (C=O) groups is 2. The summed E-state index contributed by atoms with van der Waals surface area (Å²) in [6.45, 7) is 3.32. The summed E-state index contributed by atoms with van der Waals surface area (Å²) < 4.78 is 1.74. The molecule has 8 nitrogen and oxygen atoms in total. The van der Waals surface area contributed by atoms with Crippen molar-refractivity contribution in [1.29, 1.82) is 0 Å². The molecule has 9 heteroatoms. The topological polar surface area (TPSA) is 101 Å². The molecule has 4 aromatic rings. The maximum absolute atomic E-state index is 13.6. The van der Waals surface area contributed by atoms with Crippen molar-refractivity contribution in [2.24, 2.45) is 10.9 Å². The van der Waals surface area contributed by atoms with E-state index in [9.17, 15) is 9.59 Å². The molecule has 0 saturated heterocycles. The average Bonchev–Trinajstić information content (AvgIpc) is 3.30. The van der Waals surface area contributed by atoms with Crippen LogP contribution in [0.5, 0.6) is 0 Å². The van der Waals surface area contributed by atoms with E-state index in [4.69, 9.17) is 5.10 Å². The molecule has 2 heterocycles. The van der Waals surface area contributed by atoms with E-state index >= 15 is 0 Å². The quantitative estimate of drug-likeness (QED) is 0.321. The summed E-state index contributed by atoms with van der Waals surface area (Å²) in [6, 6.07) is 26.5. The Bertz CT molecular complexity index is 1430. The first kappa shape index (κ1) is 24.5. The lowest BCUT2D eigenvalue weighted by Gasteiger charge is -2.30. The van der Waals surface area contributed by atoms with E-state index in [0.29, 0.717) is 28.2 Å². The number of carbonyl (C=O) groups excluding carboxylic acids is 2. The van der Waals surface area contributed by atoms with Crippen LogP contribution >= 0.6 is 11.8 Å². The van der Waals surface area contributed by atoms with Crippen molar-refractivity contribution in [3.63, 3.8) is 0 Å². The minimum absolute atomic E-state index is 0.146. The molecule has 0 aliphatic carbocycles. The Balaban J connectivity index is 1.49. The summed E-state index contributed by atoms with van der Waals surface area (Å²) in [6.07, 6.45) is 0. The Morgan fingerprint density at radius 2 is 1.54 bits per heavy atom. The van der Waals surface area contributed by atoms with Gasteiger partial charge in [-0.2, -0.15) is 4.98 Å². The number of hydrogen-bond acceptors (Lipinski definition) is 6. The maximum atomic E-state index is 13.6. The standard InChI is InChI=1S/C28H26N6O2S/c1-18-24(26(36)31-22-11-7-4-8-12-22)25(21-13-15-23(16-14-21)30-19(2)35)34-27(29-18)32-28(33-34)37-17-20-9-5-3-6-10-20/h3-16,24-25H,17H2,1-2H3,(H,30,35)(H,31,36). The van der Waals surface area contributed by atoms with Gasteiger partial charge in [0, 0.05) is 29.8 Å². The van der Waals surface area contributed by atoms with Gasteiger partial charge in [-0.1, -0.05) is 72.4 Å². The van der Waals surface area contributed by atoms with E-state index in [1.54, 1.807) is 4.68 Å². The van der Waals surface area contributed by atoms with Crippen LogP contribution in [0.4, 0.5) is 17.3 Å². The van der Waals surface area contributed by atoms with E-state index in [1.165, 1.54) is 24.2 Å². The van der Waals surface area contributed by atoms with E-state index in [2.05, 4.69) is 32.7 Å². The van der Waals surface area contributed by atoms with E-state index in [0.717, 1.165) is 11.3 Å². The Morgan fingerprint density at radius 1 is 0.892 bits per heavy atom. The number of nitrogens with one attached hydrogen (secondary N) is 2. The molecule has 1 aliphatic rings. The van der Waals surface area contributed by atoms with Crippen LogP contribution in [-0.4, -0.2) is 32.3 Å². The van der Waals surface area contributed by atoms with Gasteiger partial charge in [-0.05, 0) is 42.3 Å². The van der Waals surface area contributed by atoms with Crippen LogP contribution in [0.2, 0.25) is 0 Å². The molecule has 2 unspecified atom stereocenters. The molecule has 5 rings (SSSR count). The first-order valence-electron chi connectivity index (χ1n) is 11.9. The van der Waals surface area contributed by atoms with Gasteiger partial charge in [0.05, 0.1) is 6.04 Å². The molecule has 2 atom stereocenters. The molecule has 37 heavy (non-hydrogen) atoms. The molecule has 0 radical (unpaired) electrons. The predicted octanol–water partition coefficient (Wildman–Crippen LogP) is 5.48. The Morgan fingerprint density at radius 3 is 2.22 bits per heavy atom. The van der Waals surface area contributed by atoms with Crippen molar-refractivity contribution in [3.8, 4) is 0 Å². The fraction of sp³-hybridized carbons (Fsp3) is 0.179. The van der Waals surface area contributed by atoms with E-state index in [-0.39, 0.29) is 11.8 Å². The monoisotopic (exact) mass is 510 g/mol. The third-order valence-corrected chi connectivity index (χ3v) is 6.92. The van der Waals surface area contributed by atoms with Gasteiger partial charge in [-0.25, -0.2) is 9.67 Å². The number of amides is 2. The zero-order valence-electron chi connectivity index (χ0n) is 20.5. The van der Waals surface area contributed by atoms with Gasteiger partial charge in [0.1, 0.15) is 5.92 Å². The smallest absolute Gasteiger partial charge is 0.249 e. The minimum Gasteiger partial charge on any atom is -0.326 e. The number of thioether (sulfide) groups is 1. The largest absolute Gasteiger partial charge is 0.326 e. The van der Waals surface area contributed by atoms with E-state index in [1.807, 2.05) is 79.7 Å². The number of rotatable bonds is 7. The van der Waals surface area contributed by atoms with Crippen molar-refractivity contribution in [3.05, 3.63) is 96.1 Å². The van der Waals surface area contributed by atoms with Gasteiger partial charge < -0.3 is 10.6 Å². The third-order valence-electron chi connectivity index (χ3n) is 6.01. The normalized spacial score (nSPS) is 16.4. The summed E-state index contributed by atoms with van der Waals surface area (Å²) >= 11 is 1.53. The highest BCUT2D eigenvalue weighted by Gasteiger charge is 2.39. The number of aromatic nitrogens is 3. The second-order valence-electron chi connectivity index (χ2n) is 8.75. The number of nitrogens with zero attached hydrogens (tertiary/aromatic N) is 4. The summed E-state index contributed by atoms with van der Waals surface area (Å²) in [5.41, 5.74) is 4.08. The van der Waals surface area contributed by atoms with Crippen LogP contribution in [0, 0.1) is 5.92 Å². The van der Waals surface area contributed by atoms with Crippen LogP contribution < -0.4 is 10.6 Å². The highest BCUT2D eigenvalue weighted by Crippen LogP contribution is 2.38. The van der Waals surface area contributed by atoms with Gasteiger partial charge in [0.25, 0.3) is 0 Å². The van der Waals surface area contributed by atoms with Crippen LogP contribution in [-0.2, 0) is 15.3 Å². The molecular formula is C28H26N6O2S. The van der Waals surface area contributed by atoms with E-state index < -0.39 is 12.0 Å². The minimum atomic E-state index is -0.604. The zero-order valence-corrected chi connectivity index (χ0v) is 21.3. The summed E-state index contributed by atoms with van der Waals surface area (Å²) in [7, 11) is 0. The first-order valence-corrected chi connectivity index (χ1v) is 12.9. The fourth-order valence-electron chi connectivity index (χ4n) is 4.31. The highest BCUT2D eigenvalue weighted by molar-refractivity contribution is 7.98. The number of benzene rings is 3. The molecule has 0 saturated carbocycles. The third kappa shape index (κ3) is 5.62. The van der Waals surface area contributed by atoms with Gasteiger partial charge in [0.2, 0.25) is 22.9 Å². The van der Waals surface area contributed by atoms with Crippen molar-refractivity contribution in [1.82, 2.24) is 14.8 Å². The fourth-order valence-corrected chi connectivity index (χ4v) is 5.09. The molecule has 2 N–H and O–H groups in total. The maximum Gasteiger partial charge on any atom is 0.249 e. The molecule has 186 valence electrons.